The van der Waals surface area contributed by atoms with Crippen molar-refractivity contribution in [3.05, 3.63) is 28.2 Å². The molecule has 0 aliphatic heterocycles. The maximum Gasteiger partial charge on any atom is 0.250 e. The van der Waals surface area contributed by atoms with Crippen molar-refractivity contribution in [1.82, 2.24) is 0 Å². The summed E-state index contributed by atoms with van der Waals surface area (Å²) in [6, 6.07) is 4.01. The minimum atomic E-state index is -1.87. The summed E-state index contributed by atoms with van der Waals surface area (Å²) in [6.07, 6.45) is 4.12. The maximum atomic E-state index is 6.46. The molecule has 1 aromatic carbocycles. The topological polar surface area (TPSA) is 18.5 Å². The number of hydrogen-bond acceptors (Lipinski definition) is 2. The van der Waals surface area contributed by atoms with Crippen molar-refractivity contribution in [3.63, 3.8) is 0 Å². The highest BCUT2D eigenvalue weighted by molar-refractivity contribution is 9.10. The molecule has 5 heteroatoms. The summed E-state index contributed by atoms with van der Waals surface area (Å²) >= 11 is 6.96. The van der Waals surface area contributed by atoms with Gasteiger partial charge >= 0.3 is 0 Å². The molecule has 0 amide bonds. The molecular weight excluding hydrogens is 412 g/mol. The molecule has 0 aromatic heterocycles. The Balaban J connectivity index is 3.27. The number of ether oxygens (including phenoxy) is 1. The fourth-order valence-corrected chi connectivity index (χ4v) is 3.23. The van der Waals surface area contributed by atoms with E-state index in [0.29, 0.717) is 0 Å². The Labute approximate surface area is 146 Å². The zero-order chi connectivity index (χ0) is 16.3. The van der Waals surface area contributed by atoms with Gasteiger partial charge in [0.2, 0.25) is 0 Å². The fourth-order valence-electron chi connectivity index (χ4n) is 1.53. The number of allylic oxidation sites excluding steroid dienone is 1. The Bertz CT molecular complexity index is 520. The molecule has 118 valence electrons. The molecule has 1 aromatic rings. The second kappa shape index (κ2) is 7.33. The van der Waals surface area contributed by atoms with Gasteiger partial charge in [-0.3, -0.25) is 0 Å². The number of alkyl halides is 1. The normalized spacial score (nSPS) is 12.8. The summed E-state index contributed by atoms with van der Waals surface area (Å²) in [4.78, 5) is 0. The molecule has 0 saturated carbocycles. The van der Waals surface area contributed by atoms with Crippen molar-refractivity contribution >= 4 is 46.3 Å². The molecule has 0 unspecified atom stereocenters. The average molecular weight is 436 g/mol. The summed E-state index contributed by atoms with van der Waals surface area (Å²) in [5.41, 5.74) is 1.04. The molecule has 0 heterocycles. The van der Waals surface area contributed by atoms with Gasteiger partial charge in [0.25, 0.3) is 8.32 Å². The Hall–Kier alpha value is -0.263. The van der Waals surface area contributed by atoms with Crippen LogP contribution in [0.5, 0.6) is 11.5 Å². The van der Waals surface area contributed by atoms with Crippen LogP contribution in [0.3, 0.4) is 0 Å². The highest BCUT2D eigenvalue weighted by Crippen LogP contribution is 2.40. The molecular formula is C16H24Br2O2Si. The minimum absolute atomic E-state index is 0.163. The Morgan fingerprint density at radius 2 is 1.81 bits per heavy atom. The van der Waals surface area contributed by atoms with Gasteiger partial charge in [0.05, 0.1) is 11.6 Å². The first-order valence-corrected chi connectivity index (χ1v) is 11.7. The van der Waals surface area contributed by atoms with Gasteiger partial charge in [-0.25, -0.2) is 0 Å². The Kier molecular flexibility index (Phi) is 6.56. The highest BCUT2D eigenvalue weighted by Gasteiger charge is 2.39. The van der Waals surface area contributed by atoms with Gasteiger partial charge < -0.3 is 9.16 Å². The molecule has 0 saturated heterocycles. The summed E-state index contributed by atoms with van der Waals surface area (Å²) in [5.74, 6) is 1.72. The minimum Gasteiger partial charge on any atom is -0.543 e. The monoisotopic (exact) mass is 434 g/mol. The molecule has 0 spiro atoms. The summed E-state index contributed by atoms with van der Waals surface area (Å²) < 4.78 is 12.8. The van der Waals surface area contributed by atoms with E-state index in [-0.39, 0.29) is 5.04 Å². The summed E-state index contributed by atoms with van der Waals surface area (Å²) in [7, 11) is -0.201. The molecule has 0 atom stereocenters. The first-order valence-electron chi connectivity index (χ1n) is 6.91. The summed E-state index contributed by atoms with van der Waals surface area (Å²) in [6.45, 7) is 11.2. The van der Waals surface area contributed by atoms with E-state index in [1.165, 1.54) is 0 Å². The molecule has 0 bridgehead atoms. The quantitative estimate of drug-likeness (QED) is 0.401. The molecule has 0 aliphatic carbocycles. The van der Waals surface area contributed by atoms with Crippen LogP contribution in [0, 0.1) is 0 Å². The smallest absolute Gasteiger partial charge is 0.250 e. The third kappa shape index (κ3) is 4.86. The molecule has 0 N–H and O–H groups in total. The van der Waals surface area contributed by atoms with E-state index >= 15 is 0 Å². The van der Waals surface area contributed by atoms with Gasteiger partial charge in [0, 0.05) is 10.9 Å². The van der Waals surface area contributed by atoms with Gasteiger partial charge in [0.15, 0.2) is 0 Å². The lowest BCUT2D eigenvalue weighted by Gasteiger charge is -2.37. The predicted molar refractivity (Wildman–Crippen MR) is 101 cm³/mol. The zero-order valence-corrected chi connectivity index (χ0v) is 17.8. The van der Waals surface area contributed by atoms with E-state index < -0.39 is 8.32 Å². The van der Waals surface area contributed by atoms with Crippen LogP contribution in [0.4, 0.5) is 0 Å². The van der Waals surface area contributed by atoms with E-state index in [4.69, 9.17) is 9.16 Å². The third-order valence-corrected chi connectivity index (χ3v) is 9.18. The fraction of sp³-hybridized carbons (Fsp3) is 0.500. The Morgan fingerprint density at radius 1 is 1.19 bits per heavy atom. The van der Waals surface area contributed by atoms with Crippen molar-refractivity contribution in [2.24, 2.45) is 0 Å². The second-order valence-electron chi connectivity index (χ2n) is 6.44. The lowest BCUT2D eigenvalue weighted by molar-refractivity contribution is 0.410. The van der Waals surface area contributed by atoms with Crippen molar-refractivity contribution in [2.45, 2.75) is 38.9 Å². The van der Waals surface area contributed by atoms with E-state index in [9.17, 15) is 0 Å². The van der Waals surface area contributed by atoms with Crippen molar-refractivity contribution in [2.75, 3.05) is 12.4 Å². The number of hydrogen-bond donors (Lipinski definition) is 0. The van der Waals surface area contributed by atoms with Gasteiger partial charge in [-0.15, -0.1) is 0 Å². The second-order valence-corrected chi connectivity index (χ2v) is 12.7. The maximum absolute atomic E-state index is 6.46. The van der Waals surface area contributed by atoms with Crippen molar-refractivity contribution in [1.29, 1.82) is 0 Å². The number of halogens is 2. The van der Waals surface area contributed by atoms with E-state index in [1.807, 2.05) is 12.1 Å². The van der Waals surface area contributed by atoms with Crippen LogP contribution in [-0.2, 0) is 0 Å². The van der Waals surface area contributed by atoms with Crippen LogP contribution in [0.2, 0.25) is 18.1 Å². The van der Waals surface area contributed by atoms with Gasteiger partial charge in [-0.05, 0) is 46.2 Å². The first kappa shape index (κ1) is 18.8. The lowest BCUT2D eigenvalue weighted by atomic mass is 10.2. The number of rotatable bonds is 5. The van der Waals surface area contributed by atoms with Crippen LogP contribution in [0.15, 0.2) is 22.7 Å². The van der Waals surface area contributed by atoms with Crippen LogP contribution >= 0.6 is 31.9 Å². The van der Waals surface area contributed by atoms with Gasteiger partial charge in [0.1, 0.15) is 11.5 Å². The van der Waals surface area contributed by atoms with Crippen molar-refractivity contribution < 1.29 is 9.16 Å². The molecule has 0 radical (unpaired) electrons. The number of benzene rings is 1. The highest BCUT2D eigenvalue weighted by atomic mass is 79.9. The van der Waals surface area contributed by atoms with Gasteiger partial charge in [-0.2, -0.15) is 0 Å². The number of methoxy groups -OCH3 is 1. The molecule has 0 aliphatic rings. The molecule has 2 nitrogen and oxygen atoms in total. The predicted octanol–water partition coefficient (Wildman–Crippen LogP) is 6.25. The van der Waals surface area contributed by atoms with Crippen LogP contribution < -0.4 is 9.16 Å². The summed E-state index contributed by atoms with van der Waals surface area (Å²) in [5, 5.41) is 0.973. The lowest BCUT2D eigenvalue weighted by Crippen LogP contribution is -2.44. The van der Waals surface area contributed by atoms with E-state index in [0.717, 1.165) is 26.9 Å². The molecule has 21 heavy (non-hydrogen) atoms. The first-order chi connectivity index (χ1) is 9.62. The zero-order valence-electron chi connectivity index (χ0n) is 13.6. The van der Waals surface area contributed by atoms with E-state index in [1.54, 1.807) is 7.11 Å². The SMILES string of the molecule is COc1cc(/C=C/CBr)c(O[Si](C)(C)C(C)(C)C)cc1Br. The molecule has 1 rings (SSSR count). The van der Waals surface area contributed by atoms with Gasteiger partial charge in [-0.1, -0.05) is 48.9 Å². The van der Waals surface area contributed by atoms with Crippen LogP contribution in [0.25, 0.3) is 6.08 Å². The third-order valence-electron chi connectivity index (χ3n) is 3.84. The largest absolute Gasteiger partial charge is 0.543 e. The van der Waals surface area contributed by atoms with Crippen LogP contribution in [0.1, 0.15) is 26.3 Å². The Morgan fingerprint density at radius 3 is 2.29 bits per heavy atom. The van der Waals surface area contributed by atoms with E-state index in [2.05, 4.69) is 77.9 Å². The van der Waals surface area contributed by atoms with Crippen molar-refractivity contribution in [3.8, 4) is 11.5 Å². The average Bonchev–Trinajstić information content (AvgIpc) is 2.36. The standard InChI is InChI=1S/C16H24Br2O2Si/c1-16(2,3)21(5,6)20-14-11-13(18)15(19-4)10-12(14)8-7-9-17/h7-8,10-11H,9H2,1-6H3/b8-7+. The molecule has 0 fully saturated rings. The van der Waals surface area contributed by atoms with Crippen LogP contribution in [-0.4, -0.2) is 20.8 Å².